The SMILES string of the molecule is COc1cc(-c2nc3c(=O)n(C(C)c4cc(F)c(F)c(F)c4)/c(=N/C4CC4)n(C)c3[nH]2)ccc1-n1cnc(C)c1. The van der Waals surface area contributed by atoms with E-state index in [-0.39, 0.29) is 17.1 Å². The van der Waals surface area contributed by atoms with E-state index in [9.17, 15) is 18.0 Å². The van der Waals surface area contributed by atoms with E-state index in [1.54, 1.807) is 32.0 Å². The van der Waals surface area contributed by atoms with Gasteiger partial charge in [0.15, 0.2) is 23.0 Å². The molecule has 0 aliphatic heterocycles. The summed E-state index contributed by atoms with van der Waals surface area (Å²) in [5.74, 6) is -3.21. The lowest BCUT2D eigenvalue weighted by Gasteiger charge is -2.18. The Morgan fingerprint density at radius 2 is 1.88 bits per heavy atom. The molecular formula is C28H26F3N7O2. The molecule has 6 rings (SSSR count). The third kappa shape index (κ3) is 4.29. The van der Waals surface area contributed by atoms with Gasteiger partial charge in [-0.15, -0.1) is 0 Å². The number of ether oxygens (including phenoxy) is 1. The molecule has 0 bridgehead atoms. The van der Waals surface area contributed by atoms with Crippen molar-refractivity contribution in [2.24, 2.45) is 12.0 Å². The van der Waals surface area contributed by atoms with Gasteiger partial charge in [-0.1, -0.05) is 0 Å². The van der Waals surface area contributed by atoms with Crippen LogP contribution in [0.4, 0.5) is 13.2 Å². The second kappa shape index (κ2) is 9.54. The number of imidazole rings is 2. The number of nitrogens with one attached hydrogen (secondary N) is 1. The molecule has 1 fully saturated rings. The second-order valence-electron chi connectivity index (χ2n) is 9.96. The summed E-state index contributed by atoms with van der Waals surface area (Å²) >= 11 is 0. The van der Waals surface area contributed by atoms with Crippen LogP contribution in [0.1, 0.15) is 37.1 Å². The summed E-state index contributed by atoms with van der Waals surface area (Å²) in [5, 5.41) is 0. The number of aromatic nitrogens is 6. The van der Waals surface area contributed by atoms with E-state index in [4.69, 9.17) is 9.73 Å². The molecule has 3 heterocycles. The van der Waals surface area contributed by atoms with Gasteiger partial charge in [-0.25, -0.2) is 28.1 Å². The van der Waals surface area contributed by atoms with Crippen LogP contribution >= 0.6 is 0 Å². The fourth-order valence-electron chi connectivity index (χ4n) is 4.78. The molecule has 206 valence electrons. The second-order valence-corrected chi connectivity index (χ2v) is 9.96. The van der Waals surface area contributed by atoms with Crippen LogP contribution < -0.4 is 15.9 Å². The van der Waals surface area contributed by atoms with Gasteiger partial charge < -0.3 is 14.3 Å². The molecule has 0 spiro atoms. The van der Waals surface area contributed by atoms with E-state index < -0.39 is 29.1 Å². The number of H-pyrrole nitrogens is 1. The van der Waals surface area contributed by atoms with E-state index in [0.717, 1.165) is 36.4 Å². The molecule has 1 aliphatic carbocycles. The Bertz CT molecular complexity index is 1890. The molecule has 0 radical (unpaired) electrons. The molecule has 40 heavy (non-hydrogen) atoms. The van der Waals surface area contributed by atoms with Crippen molar-refractivity contribution in [1.82, 2.24) is 28.7 Å². The van der Waals surface area contributed by atoms with Crippen LogP contribution in [0.2, 0.25) is 0 Å². The van der Waals surface area contributed by atoms with Crippen molar-refractivity contribution in [2.75, 3.05) is 7.11 Å². The van der Waals surface area contributed by atoms with Gasteiger partial charge in [0.1, 0.15) is 17.2 Å². The Kier molecular flexibility index (Phi) is 6.12. The summed E-state index contributed by atoms with van der Waals surface area (Å²) < 4.78 is 52.4. The first-order chi connectivity index (χ1) is 19.2. The van der Waals surface area contributed by atoms with Crippen molar-refractivity contribution in [3.05, 3.63) is 87.5 Å². The van der Waals surface area contributed by atoms with E-state index >= 15 is 0 Å². The van der Waals surface area contributed by atoms with Gasteiger partial charge in [-0.3, -0.25) is 13.9 Å². The Morgan fingerprint density at radius 1 is 1.15 bits per heavy atom. The summed E-state index contributed by atoms with van der Waals surface area (Å²) in [4.78, 5) is 30.7. The molecule has 9 nitrogen and oxygen atoms in total. The maximum Gasteiger partial charge on any atom is 0.283 e. The zero-order valence-electron chi connectivity index (χ0n) is 22.2. The summed E-state index contributed by atoms with van der Waals surface area (Å²) in [6.45, 7) is 3.51. The Hall–Kier alpha value is -4.61. The van der Waals surface area contributed by atoms with Gasteiger partial charge >= 0.3 is 0 Å². The number of nitrogens with zero attached hydrogens (tertiary/aromatic N) is 6. The first-order valence-corrected chi connectivity index (χ1v) is 12.7. The molecule has 12 heteroatoms. The summed E-state index contributed by atoms with van der Waals surface area (Å²) in [6.07, 6.45) is 5.32. The van der Waals surface area contributed by atoms with Crippen LogP contribution in [-0.2, 0) is 7.05 Å². The van der Waals surface area contributed by atoms with Crippen LogP contribution in [0, 0.1) is 24.4 Å². The van der Waals surface area contributed by atoms with E-state index in [1.807, 2.05) is 35.9 Å². The Balaban J connectivity index is 1.52. The van der Waals surface area contributed by atoms with Crippen LogP contribution in [0.5, 0.6) is 5.75 Å². The average molecular weight is 550 g/mol. The van der Waals surface area contributed by atoms with Crippen LogP contribution in [0.3, 0.4) is 0 Å². The molecule has 0 amide bonds. The molecule has 1 aliphatic rings. The van der Waals surface area contributed by atoms with Gasteiger partial charge in [0.25, 0.3) is 5.56 Å². The molecule has 1 N–H and O–H groups in total. The van der Waals surface area contributed by atoms with Crippen molar-refractivity contribution < 1.29 is 17.9 Å². The first kappa shape index (κ1) is 25.7. The van der Waals surface area contributed by atoms with Gasteiger partial charge in [-0.2, -0.15) is 0 Å². The van der Waals surface area contributed by atoms with E-state index in [0.29, 0.717) is 28.4 Å². The number of rotatable bonds is 6. The normalized spacial score (nSPS) is 14.7. The molecule has 3 aromatic heterocycles. The van der Waals surface area contributed by atoms with Crippen molar-refractivity contribution in [1.29, 1.82) is 0 Å². The minimum Gasteiger partial charge on any atom is -0.495 e. The number of benzene rings is 2. The highest BCUT2D eigenvalue weighted by Crippen LogP contribution is 2.30. The standard InChI is InChI=1S/C28H26F3N7O2/c1-14-12-37(13-32-14)21-8-5-16(11-22(21)40-4)25-34-24-26(35-25)36(3)28(33-18-6-7-18)38(27(24)39)15(2)17-9-19(29)23(31)20(30)10-17/h5,8-13,15,18H,6-7H2,1-4H3,(H,34,35)/b33-28+. The third-order valence-electron chi connectivity index (χ3n) is 7.12. The monoisotopic (exact) mass is 549 g/mol. The lowest BCUT2D eigenvalue weighted by molar-refractivity contribution is 0.413. The summed E-state index contributed by atoms with van der Waals surface area (Å²) in [7, 11) is 3.31. The van der Waals surface area contributed by atoms with Crippen LogP contribution in [0.15, 0.2) is 52.6 Å². The molecule has 2 aromatic carbocycles. The zero-order chi connectivity index (χ0) is 28.3. The molecule has 1 unspecified atom stereocenters. The van der Waals surface area contributed by atoms with Crippen LogP contribution in [-0.4, -0.2) is 41.8 Å². The highest BCUT2D eigenvalue weighted by Gasteiger charge is 2.25. The minimum atomic E-state index is -1.56. The predicted octanol–water partition coefficient (Wildman–Crippen LogP) is 4.32. The average Bonchev–Trinajstić information content (AvgIpc) is 3.47. The fourth-order valence-corrected chi connectivity index (χ4v) is 4.78. The number of aryl methyl sites for hydroxylation is 2. The Morgan fingerprint density at radius 3 is 2.50 bits per heavy atom. The predicted molar refractivity (Wildman–Crippen MR) is 142 cm³/mol. The van der Waals surface area contributed by atoms with E-state index in [2.05, 4.69) is 15.0 Å². The lowest BCUT2D eigenvalue weighted by atomic mass is 10.1. The fraction of sp³-hybridized carbons (Fsp3) is 0.286. The van der Waals surface area contributed by atoms with Gasteiger partial charge in [0.2, 0.25) is 5.62 Å². The summed E-state index contributed by atoms with van der Waals surface area (Å²) in [6, 6.07) is 6.50. The molecule has 0 saturated heterocycles. The molecule has 1 atom stereocenters. The number of halogens is 3. The molecule has 1 saturated carbocycles. The maximum atomic E-state index is 14.1. The number of fused-ring (bicyclic) bond motifs is 1. The largest absolute Gasteiger partial charge is 0.495 e. The number of hydrogen-bond donors (Lipinski definition) is 1. The number of methoxy groups -OCH3 is 1. The topological polar surface area (TPSA) is 95.0 Å². The van der Waals surface area contributed by atoms with Crippen molar-refractivity contribution in [3.63, 3.8) is 0 Å². The maximum absolute atomic E-state index is 14.1. The highest BCUT2D eigenvalue weighted by atomic mass is 19.2. The zero-order valence-corrected chi connectivity index (χ0v) is 22.2. The van der Waals surface area contributed by atoms with Crippen LogP contribution in [0.25, 0.3) is 28.2 Å². The number of hydrogen-bond acceptors (Lipinski definition) is 5. The molecule has 5 aromatic rings. The van der Waals surface area contributed by atoms with Crippen molar-refractivity contribution >= 4 is 11.2 Å². The lowest BCUT2D eigenvalue weighted by Crippen LogP contribution is -2.42. The third-order valence-corrected chi connectivity index (χ3v) is 7.12. The number of aromatic amines is 1. The summed E-state index contributed by atoms with van der Waals surface area (Å²) in [5.41, 5.74) is 2.80. The Labute approximate surface area is 226 Å². The minimum absolute atomic E-state index is 0.0363. The van der Waals surface area contributed by atoms with Gasteiger partial charge in [0.05, 0.1) is 36.9 Å². The van der Waals surface area contributed by atoms with E-state index in [1.165, 1.54) is 4.57 Å². The van der Waals surface area contributed by atoms with Crippen molar-refractivity contribution in [3.8, 4) is 22.8 Å². The molecular weight excluding hydrogens is 523 g/mol. The van der Waals surface area contributed by atoms with Gasteiger partial charge in [0, 0.05) is 18.8 Å². The first-order valence-electron chi connectivity index (χ1n) is 12.7. The quantitative estimate of drug-likeness (QED) is 0.319. The highest BCUT2D eigenvalue weighted by molar-refractivity contribution is 5.76. The van der Waals surface area contributed by atoms with Crippen molar-refractivity contribution in [2.45, 2.75) is 38.8 Å². The smallest absolute Gasteiger partial charge is 0.283 e. The van der Waals surface area contributed by atoms with Gasteiger partial charge in [-0.05, 0) is 62.6 Å².